The third-order valence-electron chi connectivity index (χ3n) is 3.06. The summed E-state index contributed by atoms with van der Waals surface area (Å²) in [6.45, 7) is 3.42. The average molecular weight is 254 g/mol. The van der Waals surface area contributed by atoms with Crippen molar-refractivity contribution in [2.45, 2.75) is 31.7 Å². The number of benzene rings is 1. The molecule has 1 aliphatic rings. The maximum Gasteiger partial charge on any atom is 0.0178 e. The van der Waals surface area contributed by atoms with Crippen LogP contribution in [-0.4, -0.2) is 12.6 Å². The number of rotatable bonds is 2. The minimum atomic E-state index is 0.671. The van der Waals surface area contributed by atoms with Crippen LogP contribution < -0.4 is 5.32 Å². The molecular weight excluding hydrogens is 238 g/mol. The second-order valence-electron chi connectivity index (χ2n) is 3.92. The summed E-state index contributed by atoms with van der Waals surface area (Å²) in [6.07, 6.45) is 2.49. The van der Waals surface area contributed by atoms with Crippen LogP contribution in [0, 0.1) is 0 Å². The summed E-state index contributed by atoms with van der Waals surface area (Å²) in [5.74, 6) is 0.706. The molecule has 1 fully saturated rings. The molecule has 1 N–H and O–H groups in total. The van der Waals surface area contributed by atoms with Gasteiger partial charge in [0.15, 0.2) is 0 Å². The monoisotopic (exact) mass is 253 g/mol. The quantitative estimate of drug-likeness (QED) is 0.853. The van der Waals surface area contributed by atoms with E-state index in [1.807, 2.05) is 0 Å². The van der Waals surface area contributed by atoms with E-state index in [0.717, 1.165) is 6.54 Å². The molecule has 1 aromatic rings. The SMILES string of the molecule is CCC1NCCC1c1cccc(Br)c1. The van der Waals surface area contributed by atoms with Gasteiger partial charge in [0.1, 0.15) is 0 Å². The lowest BCUT2D eigenvalue weighted by Gasteiger charge is -2.18. The maximum atomic E-state index is 3.56. The van der Waals surface area contributed by atoms with Crippen molar-refractivity contribution >= 4 is 15.9 Å². The third kappa shape index (κ3) is 2.01. The Hall–Kier alpha value is -0.340. The highest BCUT2D eigenvalue weighted by molar-refractivity contribution is 9.10. The van der Waals surface area contributed by atoms with Crippen molar-refractivity contribution in [3.63, 3.8) is 0 Å². The van der Waals surface area contributed by atoms with Gasteiger partial charge in [0.2, 0.25) is 0 Å². The second kappa shape index (κ2) is 4.45. The normalized spacial score (nSPS) is 26.7. The summed E-state index contributed by atoms with van der Waals surface area (Å²) in [6, 6.07) is 9.38. The molecule has 2 heteroatoms. The molecule has 1 heterocycles. The summed E-state index contributed by atoms with van der Waals surface area (Å²) >= 11 is 3.53. The van der Waals surface area contributed by atoms with Crippen LogP contribution in [0.5, 0.6) is 0 Å². The first-order valence-electron chi connectivity index (χ1n) is 5.30. The molecule has 1 saturated heterocycles. The van der Waals surface area contributed by atoms with E-state index in [1.54, 1.807) is 0 Å². The first kappa shape index (κ1) is 10.2. The molecule has 2 rings (SSSR count). The fourth-order valence-electron chi connectivity index (χ4n) is 2.33. The Morgan fingerprint density at radius 3 is 3.07 bits per heavy atom. The van der Waals surface area contributed by atoms with Crippen molar-refractivity contribution in [3.05, 3.63) is 34.3 Å². The number of halogens is 1. The van der Waals surface area contributed by atoms with Crippen LogP contribution in [0.2, 0.25) is 0 Å². The molecule has 1 nitrogen and oxygen atoms in total. The lowest BCUT2D eigenvalue weighted by Crippen LogP contribution is -2.24. The summed E-state index contributed by atoms with van der Waals surface area (Å²) in [5.41, 5.74) is 1.47. The first-order chi connectivity index (χ1) is 6.81. The van der Waals surface area contributed by atoms with Gasteiger partial charge in [0.05, 0.1) is 0 Å². The van der Waals surface area contributed by atoms with E-state index < -0.39 is 0 Å². The van der Waals surface area contributed by atoms with E-state index in [4.69, 9.17) is 0 Å². The molecule has 0 amide bonds. The predicted molar refractivity (Wildman–Crippen MR) is 63.6 cm³/mol. The lowest BCUT2D eigenvalue weighted by molar-refractivity contribution is 0.531. The molecule has 0 aromatic heterocycles. The number of nitrogens with one attached hydrogen (secondary N) is 1. The number of hydrogen-bond acceptors (Lipinski definition) is 1. The zero-order valence-corrected chi connectivity index (χ0v) is 10.0. The van der Waals surface area contributed by atoms with E-state index in [1.165, 1.54) is 22.9 Å². The van der Waals surface area contributed by atoms with E-state index >= 15 is 0 Å². The molecule has 1 aromatic carbocycles. The number of hydrogen-bond donors (Lipinski definition) is 1. The van der Waals surface area contributed by atoms with Crippen LogP contribution in [-0.2, 0) is 0 Å². The van der Waals surface area contributed by atoms with Gasteiger partial charge in [-0.3, -0.25) is 0 Å². The minimum absolute atomic E-state index is 0.671. The van der Waals surface area contributed by atoms with Crippen LogP contribution in [0.25, 0.3) is 0 Å². The van der Waals surface area contributed by atoms with Gasteiger partial charge < -0.3 is 5.32 Å². The molecule has 76 valence electrons. The van der Waals surface area contributed by atoms with E-state index in [-0.39, 0.29) is 0 Å². The van der Waals surface area contributed by atoms with Crippen molar-refractivity contribution in [3.8, 4) is 0 Å². The van der Waals surface area contributed by atoms with Crippen molar-refractivity contribution in [2.24, 2.45) is 0 Å². The highest BCUT2D eigenvalue weighted by Crippen LogP contribution is 2.30. The molecule has 0 saturated carbocycles. The standard InChI is InChI=1S/C12H16BrN/c1-2-12-11(6-7-14-12)9-4-3-5-10(13)8-9/h3-5,8,11-12,14H,2,6-7H2,1H3. The summed E-state index contributed by atoms with van der Waals surface area (Å²) in [5, 5.41) is 3.56. The van der Waals surface area contributed by atoms with Gasteiger partial charge in [0.25, 0.3) is 0 Å². The average Bonchev–Trinajstić information content (AvgIpc) is 2.65. The van der Waals surface area contributed by atoms with Gasteiger partial charge >= 0.3 is 0 Å². The third-order valence-corrected chi connectivity index (χ3v) is 3.56. The summed E-state index contributed by atoms with van der Waals surface area (Å²) < 4.78 is 1.19. The van der Waals surface area contributed by atoms with Crippen LogP contribution in [0.3, 0.4) is 0 Å². The van der Waals surface area contributed by atoms with Crippen molar-refractivity contribution in [2.75, 3.05) is 6.54 Å². The Kier molecular flexibility index (Phi) is 3.24. The Morgan fingerprint density at radius 2 is 2.36 bits per heavy atom. The smallest absolute Gasteiger partial charge is 0.0178 e. The second-order valence-corrected chi connectivity index (χ2v) is 4.83. The van der Waals surface area contributed by atoms with Gasteiger partial charge in [-0.05, 0) is 37.1 Å². The van der Waals surface area contributed by atoms with Gasteiger partial charge in [-0.1, -0.05) is 35.0 Å². The molecule has 2 atom stereocenters. The minimum Gasteiger partial charge on any atom is -0.313 e. The maximum absolute atomic E-state index is 3.56. The van der Waals surface area contributed by atoms with Crippen molar-refractivity contribution in [1.29, 1.82) is 0 Å². The van der Waals surface area contributed by atoms with Gasteiger partial charge in [0, 0.05) is 16.4 Å². The molecule has 0 bridgehead atoms. The van der Waals surface area contributed by atoms with E-state index in [0.29, 0.717) is 12.0 Å². The van der Waals surface area contributed by atoms with E-state index in [2.05, 4.69) is 52.4 Å². The Morgan fingerprint density at radius 1 is 1.50 bits per heavy atom. The van der Waals surface area contributed by atoms with Crippen LogP contribution in [0.15, 0.2) is 28.7 Å². The Labute approximate surface area is 94.0 Å². The lowest BCUT2D eigenvalue weighted by atomic mass is 9.91. The predicted octanol–water partition coefficient (Wildman–Crippen LogP) is 3.30. The fourth-order valence-corrected chi connectivity index (χ4v) is 2.75. The molecule has 0 radical (unpaired) electrons. The largest absolute Gasteiger partial charge is 0.313 e. The summed E-state index contributed by atoms with van der Waals surface area (Å²) in [4.78, 5) is 0. The van der Waals surface area contributed by atoms with Crippen molar-refractivity contribution in [1.82, 2.24) is 5.32 Å². The van der Waals surface area contributed by atoms with E-state index in [9.17, 15) is 0 Å². The Bertz CT molecular complexity index is 311. The molecular formula is C12H16BrN. The molecule has 1 aliphatic heterocycles. The summed E-state index contributed by atoms with van der Waals surface area (Å²) in [7, 11) is 0. The zero-order valence-electron chi connectivity index (χ0n) is 8.46. The highest BCUT2D eigenvalue weighted by atomic mass is 79.9. The van der Waals surface area contributed by atoms with Crippen molar-refractivity contribution < 1.29 is 0 Å². The molecule has 14 heavy (non-hydrogen) atoms. The topological polar surface area (TPSA) is 12.0 Å². The van der Waals surface area contributed by atoms with Crippen LogP contribution in [0.4, 0.5) is 0 Å². The highest BCUT2D eigenvalue weighted by Gasteiger charge is 2.26. The van der Waals surface area contributed by atoms with Gasteiger partial charge in [-0.2, -0.15) is 0 Å². The zero-order chi connectivity index (χ0) is 9.97. The van der Waals surface area contributed by atoms with Crippen LogP contribution in [0.1, 0.15) is 31.2 Å². The fraction of sp³-hybridized carbons (Fsp3) is 0.500. The molecule has 0 spiro atoms. The Balaban J connectivity index is 2.21. The molecule has 0 aliphatic carbocycles. The van der Waals surface area contributed by atoms with Gasteiger partial charge in [-0.15, -0.1) is 0 Å². The van der Waals surface area contributed by atoms with Gasteiger partial charge in [-0.25, -0.2) is 0 Å². The van der Waals surface area contributed by atoms with Crippen LogP contribution >= 0.6 is 15.9 Å². The molecule has 2 unspecified atom stereocenters. The first-order valence-corrected chi connectivity index (χ1v) is 6.09.